The van der Waals surface area contributed by atoms with E-state index in [0.29, 0.717) is 5.57 Å². The minimum absolute atomic E-state index is 0.0201. The molecular formula is C18H37NOP+. The second-order valence-electron chi connectivity index (χ2n) is 7.41. The van der Waals surface area contributed by atoms with Crippen LogP contribution in [0.25, 0.3) is 0 Å². The molecular weight excluding hydrogens is 277 g/mol. The van der Waals surface area contributed by atoms with Crippen LogP contribution in [0.4, 0.5) is 0 Å². The van der Waals surface area contributed by atoms with Gasteiger partial charge in [0.15, 0.2) is 0 Å². The fraction of sp³-hybridized carbons (Fsp3) is 0.833. The van der Waals surface area contributed by atoms with Crippen molar-refractivity contribution >= 4 is 13.2 Å². The van der Waals surface area contributed by atoms with Crippen LogP contribution in [0.1, 0.15) is 54.9 Å². The van der Waals surface area contributed by atoms with Crippen LogP contribution in [-0.4, -0.2) is 37.1 Å². The number of carbonyl (C=O) groups is 1. The first-order valence-electron chi connectivity index (χ1n) is 8.40. The third-order valence-corrected chi connectivity index (χ3v) is 10.2. The maximum absolute atomic E-state index is 11.6. The van der Waals surface area contributed by atoms with Crippen molar-refractivity contribution in [2.24, 2.45) is 11.3 Å². The minimum atomic E-state index is -0.736. The highest BCUT2D eigenvalue weighted by atomic mass is 31.2. The largest absolute Gasteiger partial charge is 0.352 e. The summed E-state index contributed by atoms with van der Waals surface area (Å²) in [5.41, 5.74) is 0.738. The highest BCUT2D eigenvalue weighted by Gasteiger charge is 2.34. The van der Waals surface area contributed by atoms with E-state index in [-0.39, 0.29) is 11.3 Å². The molecule has 0 saturated heterocycles. The highest BCUT2D eigenvalue weighted by Crippen LogP contribution is 2.59. The number of hydrogen-bond donors (Lipinski definition) is 1. The molecule has 0 aliphatic carbocycles. The zero-order chi connectivity index (χ0) is 16.7. The molecule has 0 fully saturated rings. The number of rotatable bonds is 10. The van der Waals surface area contributed by atoms with E-state index in [0.717, 1.165) is 12.5 Å². The third-order valence-electron chi connectivity index (χ3n) is 4.73. The van der Waals surface area contributed by atoms with Gasteiger partial charge in [-0.25, -0.2) is 0 Å². The molecule has 0 aromatic rings. The molecule has 0 aliphatic heterocycles. The highest BCUT2D eigenvalue weighted by molar-refractivity contribution is 7.75. The third kappa shape index (κ3) is 7.45. The smallest absolute Gasteiger partial charge is 0.246 e. The van der Waals surface area contributed by atoms with Crippen LogP contribution in [0.5, 0.6) is 0 Å². The fourth-order valence-corrected chi connectivity index (χ4v) is 6.84. The summed E-state index contributed by atoms with van der Waals surface area (Å²) in [4.78, 5) is 11.6. The molecule has 0 bridgehead atoms. The molecule has 1 N–H and O–H groups in total. The molecule has 124 valence electrons. The Labute approximate surface area is 133 Å². The summed E-state index contributed by atoms with van der Waals surface area (Å²) in [5.74, 6) is 0.711. The summed E-state index contributed by atoms with van der Waals surface area (Å²) in [7, 11) is -0.736. The molecule has 1 unspecified atom stereocenters. The monoisotopic (exact) mass is 314 g/mol. The maximum Gasteiger partial charge on any atom is 0.246 e. The van der Waals surface area contributed by atoms with Crippen LogP contribution in [0.15, 0.2) is 12.2 Å². The standard InChI is InChI=1S/C18H36NOP/c1-9-21(10-2,11-3)13-16(6)12-18(7,8)14-19-17(20)15(4)5/h16H,4,9-14H2,1-3,5-8H3/p+1. The van der Waals surface area contributed by atoms with Crippen LogP contribution in [0, 0.1) is 11.3 Å². The van der Waals surface area contributed by atoms with E-state index in [1.165, 1.54) is 31.1 Å². The second-order valence-corrected chi connectivity index (χ2v) is 12.4. The van der Waals surface area contributed by atoms with Crippen molar-refractivity contribution in [2.75, 3.05) is 31.2 Å². The molecule has 0 radical (unpaired) electrons. The zero-order valence-electron chi connectivity index (χ0n) is 15.4. The predicted octanol–water partition coefficient (Wildman–Crippen LogP) is 4.81. The first-order chi connectivity index (χ1) is 9.61. The molecule has 0 saturated carbocycles. The number of amides is 1. The van der Waals surface area contributed by atoms with Gasteiger partial charge in [-0.3, -0.25) is 4.79 Å². The predicted molar refractivity (Wildman–Crippen MR) is 98.8 cm³/mol. The van der Waals surface area contributed by atoms with Crippen molar-refractivity contribution in [1.82, 2.24) is 5.32 Å². The lowest BCUT2D eigenvalue weighted by molar-refractivity contribution is -0.117. The van der Waals surface area contributed by atoms with Gasteiger partial charge in [0.2, 0.25) is 5.91 Å². The summed E-state index contributed by atoms with van der Waals surface area (Å²) in [6, 6.07) is 0. The van der Waals surface area contributed by atoms with Crippen LogP contribution < -0.4 is 5.32 Å². The number of hydrogen-bond acceptors (Lipinski definition) is 1. The van der Waals surface area contributed by atoms with E-state index >= 15 is 0 Å². The van der Waals surface area contributed by atoms with Gasteiger partial charge in [0, 0.05) is 19.4 Å². The first kappa shape index (κ1) is 20.6. The molecule has 1 amide bonds. The van der Waals surface area contributed by atoms with E-state index in [1.807, 2.05) is 0 Å². The van der Waals surface area contributed by atoms with Crippen LogP contribution in [0.3, 0.4) is 0 Å². The van der Waals surface area contributed by atoms with Gasteiger partial charge in [0.1, 0.15) is 0 Å². The molecule has 0 aliphatic rings. The summed E-state index contributed by atoms with van der Waals surface area (Å²) in [5, 5.41) is 3.00. The molecule has 2 nitrogen and oxygen atoms in total. The van der Waals surface area contributed by atoms with E-state index in [4.69, 9.17) is 0 Å². The van der Waals surface area contributed by atoms with Crippen molar-refractivity contribution in [3.05, 3.63) is 12.2 Å². The van der Waals surface area contributed by atoms with Crippen molar-refractivity contribution in [2.45, 2.75) is 54.9 Å². The molecule has 0 aromatic heterocycles. The minimum Gasteiger partial charge on any atom is -0.352 e. The second kappa shape index (κ2) is 8.93. The van der Waals surface area contributed by atoms with Gasteiger partial charge in [-0.15, -0.1) is 0 Å². The van der Waals surface area contributed by atoms with Crippen molar-refractivity contribution in [3.63, 3.8) is 0 Å². The van der Waals surface area contributed by atoms with Crippen molar-refractivity contribution in [1.29, 1.82) is 0 Å². The molecule has 0 heterocycles. The Balaban J connectivity index is 4.50. The van der Waals surface area contributed by atoms with E-state index in [2.05, 4.69) is 53.4 Å². The Kier molecular flexibility index (Phi) is 8.78. The summed E-state index contributed by atoms with van der Waals surface area (Å²) < 4.78 is 0. The fourth-order valence-electron chi connectivity index (χ4n) is 3.27. The molecule has 0 rings (SSSR count). The van der Waals surface area contributed by atoms with E-state index < -0.39 is 7.26 Å². The zero-order valence-corrected chi connectivity index (χ0v) is 16.3. The lowest BCUT2D eigenvalue weighted by Crippen LogP contribution is -2.35. The van der Waals surface area contributed by atoms with Gasteiger partial charge >= 0.3 is 0 Å². The maximum atomic E-state index is 11.6. The Morgan fingerprint density at radius 3 is 2.05 bits per heavy atom. The molecule has 1 atom stereocenters. The summed E-state index contributed by atoms with van der Waals surface area (Å²) >= 11 is 0. The average molecular weight is 314 g/mol. The first-order valence-corrected chi connectivity index (χ1v) is 10.9. The van der Waals surface area contributed by atoms with Gasteiger partial charge in [0.05, 0.1) is 24.6 Å². The Hall–Kier alpha value is -0.360. The lowest BCUT2D eigenvalue weighted by atomic mass is 9.84. The van der Waals surface area contributed by atoms with Crippen molar-refractivity contribution in [3.8, 4) is 0 Å². The van der Waals surface area contributed by atoms with Gasteiger partial charge in [-0.05, 0) is 45.4 Å². The Bertz CT molecular complexity index is 337. The lowest BCUT2D eigenvalue weighted by Gasteiger charge is -2.32. The quantitative estimate of drug-likeness (QED) is 0.455. The van der Waals surface area contributed by atoms with Crippen LogP contribution >= 0.6 is 7.26 Å². The molecule has 21 heavy (non-hydrogen) atoms. The van der Waals surface area contributed by atoms with Gasteiger partial charge in [-0.1, -0.05) is 27.4 Å². The summed E-state index contributed by atoms with van der Waals surface area (Å²) in [6.45, 7) is 20.2. The van der Waals surface area contributed by atoms with Gasteiger partial charge < -0.3 is 5.32 Å². The van der Waals surface area contributed by atoms with Crippen LogP contribution in [-0.2, 0) is 4.79 Å². The SMILES string of the molecule is C=C(C)C(=O)NCC(C)(C)CC(C)C[P+](CC)(CC)CC. The van der Waals surface area contributed by atoms with Crippen molar-refractivity contribution < 1.29 is 4.79 Å². The topological polar surface area (TPSA) is 29.1 Å². The van der Waals surface area contributed by atoms with Crippen LogP contribution in [0.2, 0.25) is 0 Å². The Morgan fingerprint density at radius 2 is 1.67 bits per heavy atom. The van der Waals surface area contributed by atoms with E-state index in [1.54, 1.807) is 6.92 Å². The normalized spacial score (nSPS) is 13.9. The molecule has 0 aromatic carbocycles. The average Bonchev–Trinajstić information content (AvgIpc) is 2.41. The number of nitrogens with one attached hydrogen (secondary N) is 1. The summed E-state index contributed by atoms with van der Waals surface area (Å²) in [6.07, 6.45) is 6.69. The molecule has 0 spiro atoms. The molecule has 3 heteroatoms. The van der Waals surface area contributed by atoms with E-state index in [9.17, 15) is 4.79 Å². The van der Waals surface area contributed by atoms with Gasteiger partial charge in [0.25, 0.3) is 0 Å². The van der Waals surface area contributed by atoms with Gasteiger partial charge in [-0.2, -0.15) is 0 Å². The number of carbonyl (C=O) groups excluding carboxylic acids is 1. The Morgan fingerprint density at radius 1 is 1.19 bits per heavy atom.